The first-order valence-electron chi connectivity index (χ1n) is 9.54. The van der Waals surface area contributed by atoms with Crippen molar-refractivity contribution in [2.24, 2.45) is 0 Å². The third kappa shape index (κ3) is 16.3. The molecule has 0 radical (unpaired) electrons. The number of rotatable bonds is 16. The minimum atomic E-state index is -4.23. The molecule has 0 heterocycles. The van der Waals surface area contributed by atoms with E-state index in [2.05, 4.69) is 6.92 Å². The van der Waals surface area contributed by atoms with Gasteiger partial charge in [-0.3, -0.25) is 0 Å². The van der Waals surface area contributed by atoms with Gasteiger partial charge >= 0.3 is 29.6 Å². The molecule has 0 saturated carbocycles. The first-order valence-corrected chi connectivity index (χ1v) is 11.0. The molecule has 0 aromatic rings. The summed E-state index contributed by atoms with van der Waals surface area (Å²) in [5, 5.41) is 9.11. The van der Waals surface area contributed by atoms with Crippen LogP contribution in [0.2, 0.25) is 0 Å². The Hall–Kier alpha value is 0.870. The fourth-order valence-electron chi connectivity index (χ4n) is 2.97. The molecule has 0 fully saturated rings. The van der Waals surface area contributed by atoms with Gasteiger partial charge in [-0.05, 0) is 25.7 Å². The molecule has 0 bridgehead atoms. The second-order valence-electron chi connectivity index (χ2n) is 6.75. The predicted octanol–water partition coefficient (Wildman–Crippen LogP) is 1.77. The fraction of sp³-hybridized carbons (Fsp3) is 1.00. The van der Waals surface area contributed by atoms with E-state index >= 15 is 0 Å². The Kier molecular flexibility index (Phi) is 19.5. The summed E-state index contributed by atoms with van der Waals surface area (Å²) in [6, 6.07) is 0. The van der Waals surface area contributed by atoms with Crippen LogP contribution in [-0.2, 0) is 10.1 Å². The predicted molar refractivity (Wildman–Crippen MR) is 95.5 cm³/mol. The third-order valence-electron chi connectivity index (χ3n) is 4.48. The van der Waals surface area contributed by atoms with Gasteiger partial charge in [0, 0.05) is 5.25 Å². The van der Waals surface area contributed by atoms with Gasteiger partial charge < -0.3 is 9.66 Å². The SMILES string of the molecule is CCCCCCCCCCCC(O)CCC(CCC)S(=O)(=O)[O-].[Na+]. The van der Waals surface area contributed by atoms with Crippen molar-refractivity contribution in [3.05, 3.63) is 0 Å². The molecule has 0 rings (SSSR count). The molecule has 0 spiro atoms. The van der Waals surface area contributed by atoms with E-state index in [0.717, 1.165) is 12.8 Å². The summed E-state index contributed by atoms with van der Waals surface area (Å²) in [5.41, 5.74) is 0. The van der Waals surface area contributed by atoms with Crippen LogP contribution in [0.15, 0.2) is 0 Å². The van der Waals surface area contributed by atoms with Crippen LogP contribution in [0.4, 0.5) is 0 Å². The van der Waals surface area contributed by atoms with Crippen LogP contribution in [0.1, 0.15) is 104 Å². The van der Waals surface area contributed by atoms with Crippen molar-refractivity contribution in [2.45, 2.75) is 115 Å². The van der Waals surface area contributed by atoms with Crippen molar-refractivity contribution in [3.8, 4) is 0 Å². The van der Waals surface area contributed by atoms with Gasteiger partial charge in [-0.25, -0.2) is 8.42 Å². The van der Waals surface area contributed by atoms with E-state index in [1.54, 1.807) is 0 Å². The summed E-state index contributed by atoms with van der Waals surface area (Å²) in [7, 11) is -4.23. The molecule has 0 aliphatic rings. The molecule has 0 aliphatic heterocycles. The quantitative estimate of drug-likeness (QED) is 0.254. The summed E-state index contributed by atoms with van der Waals surface area (Å²) in [6.45, 7) is 4.10. The van der Waals surface area contributed by atoms with Gasteiger partial charge in [0.25, 0.3) is 0 Å². The first-order chi connectivity index (χ1) is 10.9. The normalized spacial score (nSPS) is 14.2. The first kappa shape index (κ1) is 27.1. The summed E-state index contributed by atoms with van der Waals surface area (Å²) >= 11 is 0. The average Bonchev–Trinajstić information content (AvgIpc) is 2.48. The second kappa shape index (κ2) is 17.3. The van der Waals surface area contributed by atoms with Crippen molar-refractivity contribution >= 4 is 10.1 Å². The maximum Gasteiger partial charge on any atom is 1.00 e. The van der Waals surface area contributed by atoms with Crippen LogP contribution in [-0.4, -0.2) is 29.4 Å². The molecule has 140 valence electrons. The summed E-state index contributed by atoms with van der Waals surface area (Å²) in [6.07, 6.45) is 13.2. The Morgan fingerprint density at radius 2 is 1.25 bits per heavy atom. The van der Waals surface area contributed by atoms with E-state index in [1.165, 1.54) is 44.9 Å². The molecule has 24 heavy (non-hydrogen) atoms. The molecular weight excluding hydrogens is 335 g/mol. The van der Waals surface area contributed by atoms with Gasteiger partial charge in [0.1, 0.15) is 0 Å². The minimum absolute atomic E-state index is 0. The zero-order valence-corrected chi connectivity index (χ0v) is 19.0. The Morgan fingerprint density at radius 1 is 0.750 bits per heavy atom. The van der Waals surface area contributed by atoms with E-state index in [0.29, 0.717) is 25.7 Å². The van der Waals surface area contributed by atoms with Gasteiger partial charge in [-0.1, -0.05) is 78.1 Å². The Balaban J connectivity index is 0. The van der Waals surface area contributed by atoms with Crippen molar-refractivity contribution in [3.63, 3.8) is 0 Å². The van der Waals surface area contributed by atoms with Crippen molar-refractivity contribution in [1.82, 2.24) is 0 Å². The zero-order valence-electron chi connectivity index (χ0n) is 16.1. The Labute approximate surface area is 172 Å². The fourth-order valence-corrected chi connectivity index (χ4v) is 3.92. The largest absolute Gasteiger partial charge is 1.00 e. The molecule has 0 amide bonds. The number of unbranched alkanes of at least 4 members (excludes halogenated alkanes) is 8. The van der Waals surface area contributed by atoms with Crippen LogP contribution in [0.25, 0.3) is 0 Å². The van der Waals surface area contributed by atoms with Crippen LogP contribution < -0.4 is 29.6 Å². The molecule has 2 unspecified atom stereocenters. The summed E-state index contributed by atoms with van der Waals surface area (Å²) < 4.78 is 33.4. The van der Waals surface area contributed by atoms with Gasteiger partial charge in [0.2, 0.25) is 0 Å². The Morgan fingerprint density at radius 3 is 1.71 bits per heavy atom. The van der Waals surface area contributed by atoms with Crippen LogP contribution in [0.5, 0.6) is 0 Å². The third-order valence-corrected chi connectivity index (χ3v) is 5.77. The van der Waals surface area contributed by atoms with E-state index < -0.39 is 21.5 Å². The van der Waals surface area contributed by atoms with Crippen molar-refractivity contribution in [1.29, 1.82) is 0 Å². The molecule has 1 N–H and O–H groups in total. The molecule has 4 nitrogen and oxygen atoms in total. The molecule has 0 aromatic carbocycles. The number of aliphatic hydroxyl groups is 1. The summed E-state index contributed by atoms with van der Waals surface area (Å²) in [5.74, 6) is 0. The monoisotopic (exact) mass is 372 g/mol. The average molecular weight is 373 g/mol. The molecule has 0 aromatic heterocycles. The van der Waals surface area contributed by atoms with Gasteiger partial charge in [0.05, 0.1) is 16.2 Å². The maximum absolute atomic E-state index is 11.1. The maximum atomic E-state index is 11.1. The molecule has 2 atom stereocenters. The smallest absolute Gasteiger partial charge is 0.748 e. The number of aliphatic hydroxyl groups excluding tert-OH is 1. The molecule has 0 aliphatic carbocycles. The van der Waals surface area contributed by atoms with E-state index in [9.17, 15) is 18.1 Å². The van der Waals surface area contributed by atoms with Gasteiger partial charge in [-0.2, -0.15) is 0 Å². The van der Waals surface area contributed by atoms with E-state index in [4.69, 9.17) is 0 Å². The number of hydrogen-bond acceptors (Lipinski definition) is 4. The van der Waals surface area contributed by atoms with E-state index in [-0.39, 0.29) is 36.0 Å². The minimum Gasteiger partial charge on any atom is -0.748 e. The standard InChI is InChI=1S/C18H38O4S.Na/c1-3-5-6-7-8-9-10-11-12-14-17(19)15-16-18(13-4-2)23(20,21)22;/h17-19H,3-16H2,1-2H3,(H,20,21,22);/q;+1/p-1. The second-order valence-corrected chi connectivity index (χ2v) is 8.40. The van der Waals surface area contributed by atoms with Crippen LogP contribution in [0.3, 0.4) is 0 Å². The van der Waals surface area contributed by atoms with Crippen molar-refractivity contribution < 1.29 is 47.6 Å². The summed E-state index contributed by atoms with van der Waals surface area (Å²) in [4.78, 5) is 0. The molecular formula is C18H37NaO4S. The van der Waals surface area contributed by atoms with Gasteiger partial charge in [-0.15, -0.1) is 0 Å². The molecule has 0 saturated heterocycles. The zero-order chi connectivity index (χ0) is 17.6. The topological polar surface area (TPSA) is 77.4 Å². The van der Waals surface area contributed by atoms with Crippen LogP contribution in [0, 0.1) is 0 Å². The molecule has 6 heteroatoms. The Bertz CT molecular complexity index is 360. The number of hydrogen-bond donors (Lipinski definition) is 1. The van der Waals surface area contributed by atoms with Crippen LogP contribution >= 0.6 is 0 Å². The van der Waals surface area contributed by atoms with Gasteiger partial charge in [0.15, 0.2) is 0 Å². The van der Waals surface area contributed by atoms with E-state index in [1.807, 2.05) is 6.92 Å². The van der Waals surface area contributed by atoms with Crippen molar-refractivity contribution in [2.75, 3.05) is 0 Å².